The largest absolute Gasteiger partial charge is 0.465 e. The third-order valence-electron chi connectivity index (χ3n) is 3.71. The highest BCUT2D eigenvalue weighted by atomic mass is 16.4. The predicted octanol–water partition coefficient (Wildman–Crippen LogP) is 2.48. The van der Waals surface area contributed by atoms with Gasteiger partial charge in [0.15, 0.2) is 5.89 Å². The van der Waals surface area contributed by atoms with Gasteiger partial charge in [-0.2, -0.15) is 0 Å². The van der Waals surface area contributed by atoms with Crippen molar-refractivity contribution in [1.29, 1.82) is 0 Å². The van der Waals surface area contributed by atoms with Gasteiger partial charge < -0.3 is 14.4 Å². The van der Waals surface area contributed by atoms with E-state index in [1.807, 2.05) is 13.8 Å². The van der Waals surface area contributed by atoms with E-state index < -0.39 is 11.6 Å². The number of amides is 1. The van der Waals surface area contributed by atoms with Gasteiger partial charge in [-0.25, -0.2) is 9.78 Å². The zero-order valence-electron chi connectivity index (χ0n) is 10.4. The third kappa shape index (κ3) is 2.14. The summed E-state index contributed by atoms with van der Waals surface area (Å²) in [6.45, 7) is 3.87. The van der Waals surface area contributed by atoms with Gasteiger partial charge in [0, 0.05) is 18.0 Å². The van der Waals surface area contributed by atoms with Gasteiger partial charge >= 0.3 is 6.09 Å². The molecule has 1 aromatic rings. The van der Waals surface area contributed by atoms with E-state index in [0.717, 1.165) is 25.2 Å². The fourth-order valence-corrected chi connectivity index (χ4v) is 2.31. The molecule has 1 fully saturated rings. The fraction of sp³-hybridized carbons (Fsp3) is 0.667. The molecule has 0 atom stereocenters. The summed E-state index contributed by atoms with van der Waals surface area (Å²) in [6.07, 6.45) is 5.09. The quantitative estimate of drug-likeness (QED) is 0.875. The average Bonchev–Trinajstić information content (AvgIpc) is 2.82. The number of hydrogen-bond donors (Lipinski definition) is 1. The molecular weight excluding hydrogens is 220 g/mol. The van der Waals surface area contributed by atoms with Crippen LogP contribution in [0.25, 0.3) is 0 Å². The van der Waals surface area contributed by atoms with E-state index >= 15 is 0 Å². The van der Waals surface area contributed by atoms with Crippen LogP contribution in [0, 0.1) is 0 Å². The minimum Gasteiger partial charge on any atom is -0.465 e. The number of rotatable bonds is 4. The molecule has 0 saturated heterocycles. The number of oxazole rings is 1. The second-order valence-corrected chi connectivity index (χ2v) is 5.45. The zero-order chi connectivity index (χ0) is 12.7. The highest BCUT2D eigenvalue weighted by Crippen LogP contribution is 2.53. The van der Waals surface area contributed by atoms with Crippen LogP contribution in [0.1, 0.15) is 39.0 Å². The Morgan fingerprint density at radius 3 is 2.71 bits per heavy atom. The van der Waals surface area contributed by atoms with E-state index in [-0.39, 0.29) is 5.41 Å². The second kappa shape index (κ2) is 3.75. The lowest BCUT2D eigenvalue weighted by atomic mass is 9.87. The molecule has 2 rings (SSSR count). The average molecular weight is 238 g/mol. The van der Waals surface area contributed by atoms with E-state index in [4.69, 9.17) is 9.52 Å². The van der Waals surface area contributed by atoms with Crippen molar-refractivity contribution in [1.82, 2.24) is 9.88 Å². The molecule has 17 heavy (non-hydrogen) atoms. The lowest BCUT2D eigenvalue weighted by Crippen LogP contribution is -2.46. The Hall–Kier alpha value is -1.52. The molecule has 1 N–H and O–H groups in total. The van der Waals surface area contributed by atoms with Crippen LogP contribution >= 0.6 is 0 Å². The summed E-state index contributed by atoms with van der Waals surface area (Å²) in [5, 5.41) is 9.05. The minimum absolute atomic E-state index is 0.0588. The van der Waals surface area contributed by atoms with Gasteiger partial charge in [0.05, 0.1) is 6.20 Å². The van der Waals surface area contributed by atoms with Crippen LogP contribution < -0.4 is 0 Å². The summed E-state index contributed by atoms with van der Waals surface area (Å²) >= 11 is 0. The van der Waals surface area contributed by atoms with Crippen molar-refractivity contribution in [3.8, 4) is 0 Å². The molecule has 94 valence electrons. The van der Waals surface area contributed by atoms with Crippen molar-refractivity contribution >= 4 is 6.09 Å². The molecule has 1 amide bonds. The SMILES string of the molecule is CN(C(=O)O)C(C)(C)CC1(c2ncco2)CC1. The molecule has 1 aliphatic rings. The maximum atomic E-state index is 11.0. The summed E-state index contributed by atoms with van der Waals surface area (Å²) in [7, 11) is 1.61. The Balaban J connectivity index is 2.13. The molecule has 0 aromatic carbocycles. The van der Waals surface area contributed by atoms with Gasteiger partial charge in [0.2, 0.25) is 0 Å². The topological polar surface area (TPSA) is 66.6 Å². The molecule has 0 aliphatic heterocycles. The Bertz CT molecular complexity index is 407. The van der Waals surface area contributed by atoms with Crippen molar-refractivity contribution in [2.45, 2.75) is 44.1 Å². The minimum atomic E-state index is -0.904. The van der Waals surface area contributed by atoms with Gasteiger partial charge in [-0.15, -0.1) is 0 Å². The zero-order valence-corrected chi connectivity index (χ0v) is 10.4. The molecule has 0 spiro atoms. The molecule has 1 saturated carbocycles. The van der Waals surface area contributed by atoms with Crippen molar-refractivity contribution in [3.05, 3.63) is 18.4 Å². The van der Waals surface area contributed by atoms with Crippen LogP contribution in [0.4, 0.5) is 4.79 Å². The standard InChI is InChI=1S/C12H18N2O3/c1-11(2,14(3)10(15)16)8-12(4-5-12)9-13-6-7-17-9/h6-7H,4-5,8H2,1-3H3,(H,15,16). The molecule has 0 unspecified atom stereocenters. The van der Waals surface area contributed by atoms with Crippen molar-refractivity contribution in [2.75, 3.05) is 7.05 Å². The smallest absolute Gasteiger partial charge is 0.407 e. The van der Waals surface area contributed by atoms with Crippen LogP contribution in [0.15, 0.2) is 16.9 Å². The molecule has 1 aliphatic carbocycles. The fourth-order valence-electron chi connectivity index (χ4n) is 2.31. The Labute approximate surface area is 100 Å². The van der Waals surface area contributed by atoms with Gasteiger partial charge in [-0.1, -0.05) is 0 Å². The molecule has 1 aromatic heterocycles. The summed E-state index contributed by atoms with van der Waals surface area (Å²) < 4.78 is 5.37. The van der Waals surface area contributed by atoms with Gasteiger partial charge in [-0.3, -0.25) is 0 Å². The molecule has 1 heterocycles. The Morgan fingerprint density at radius 2 is 2.29 bits per heavy atom. The number of carboxylic acid groups (broad SMARTS) is 1. The highest BCUT2D eigenvalue weighted by Gasteiger charge is 2.52. The monoisotopic (exact) mass is 238 g/mol. The molecule has 5 nitrogen and oxygen atoms in total. The highest BCUT2D eigenvalue weighted by molar-refractivity contribution is 5.65. The molecule has 5 heteroatoms. The molecule has 0 radical (unpaired) electrons. The number of hydrogen-bond acceptors (Lipinski definition) is 3. The number of carbonyl (C=O) groups is 1. The van der Waals surface area contributed by atoms with Crippen LogP contribution in [0.5, 0.6) is 0 Å². The van der Waals surface area contributed by atoms with E-state index in [0.29, 0.717) is 0 Å². The summed E-state index contributed by atoms with van der Waals surface area (Å²) in [5.74, 6) is 0.740. The van der Waals surface area contributed by atoms with Gasteiger partial charge in [-0.05, 0) is 33.1 Å². The maximum absolute atomic E-state index is 11.0. The molecule has 0 bridgehead atoms. The Morgan fingerprint density at radius 1 is 1.65 bits per heavy atom. The van der Waals surface area contributed by atoms with Crippen LogP contribution in [-0.4, -0.2) is 33.7 Å². The maximum Gasteiger partial charge on any atom is 0.407 e. The number of aromatic nitrogens is 1. The van der Waals surface area contributed by atoms with Gasteiger partial charge in [0.25, 0.3) is 0 Å². The van der Waals surface area contributed by atoms with E-state index in [2.05, 4.69) is 4.98 Å². The first kappa shape index (κ1) is 12.0. The Kier molecular flexibility index (Phi) is 2.64. The van der Waals surface area contributed by atoms with E-state index in [1.54, 1.807) is 19.5 Å². The van der Waals surface area contributed by atoms with Crippen LogP contribution in [-0.2, 0) is 5.41 Å². The van der Waals surface area contributed by atoms with Crippen molar-refractivity contribution in [3.63, 3.8) is 0 Å². The third-order valence-corrected chi connectivity index (χ3v) is 3.71. The van der Waals surface area contributed by atoms with Crippen LogP contribution in [0.2, 0.25) is 0 Å². The lowest BCUT2D eigenvalue weighted by molar-refractivity contribution is 0.0980. The first-order valence-electron chi connectivity index (χ1n) is 5.74. The summed E-state index contributed by atoms with van der Waals surface area (Å²) in [5.41, 5.74) is -0.479. The van der Waals surface area contributed by atoms with Gasteiger partial charge in [0.1, 0.15) is 6.26 Å². The second-order valence-electron chi connectivity index (χ2n) is 5.45. The summed E-state index contributed by atoms with van der Waals surface area (Å²) in [4.78, 5) is 16.6. The lowest BCUT2D eigenvalue weighted by Gasteiger charge is -2.36. The van der Waals surface area contributed by atoms with Crippen molar-refractivity contribution < 1.29 is 14.3 Å². The first-order valence-corrected chi connectivity index (χ1v) is 5.74. The van der Waals surface area contributed by atoms with E-state index in [9.17, 15) is 4.79 Å². The molecular formula is C12H18N2O3. The summed E-state index contributed by atoms with van der Waals surface area (Å²) in [6, 6.07) is 0. The van der Waals surface area contributed by atoms with Crippen LogP contribution in [0.3, 0.4) is 0 Å². The number of nitrogens with zero attached hydrogens (tertiary/aromatic N) is 2. The normalized spacial score (nSPS) is 17.8. The van der Waals surface area contributed by atoms with E-state index in [1.165, 1.54) is 4.90 Å². The predicted molar refractivity (Wildman–Crippen MR) is 61.9 cm³/mol. The first-order chi connectivity index (χ1) is 7.87. The van der Waals surface area contributed by atoms with Crippen molar-refractivity contribution in [2.24, 2.45) is 0 Å².